The molecule has 1 aliphatic rings. The molecular formula is C15H18N2O5. The molecule has 2 rings (SSSR count). The van der Waals surface area contributed by atoms with Crippen LogP contribution in [0.2, 0.25) is 0 Å². The Hall–Kier alpha value is -2.57. The molecule has 0 radical (unpaired) electrons. The zero-order valence-corrected chi connectivity index (χ0v) is 12.2. The van der Waals surface area contributed by atoms with Crippen LogP contribution in [0.4, 0.5) is 5.69 Å². The Morgan fingerprint density at radius 1 is 1.23 bits per heavy atom. The number of carboxylic acids is 1. The molecule has 118 valence electrons. The number of piperidine rings is 1. The first-order valence-electron chi connectivity index (χ1n) is 7.01. The molecule has 1 aliphatic heterocycles. The van der Waals surface area contributed by atoms with E-state index in [2.05, 4.69) is 5.32 Å². The number of carboxylic acid groups (broad SMARTS) is 1. The minimum absolute atomic E-state index is 0.00323. The number of hydrogen-bond acceptors (Lipinski definition) is 4. The highest BCUT2D eigenvalue weighted by Gasteiger charge is 2.26. The van der Waals surface area contributed by atoms with Gasteiger partial charge in [-0.2, -0.15) is 0 Å². The normalized spacial score (nSPS) is 15.4. The number of carbonyl (C=O) groups excluding carboxylic acids is 2. The maximum atomic E-state index is 12.2. The predicted molar refractivity (Wildman–Crippen MR) is 78.7 cm³/mol. The predicted octanol–water partition coefficient (Wildman–Crippen LogP) is 1.29. The van der Waals surface area contributed by atoms with E-state index < -0.39 is 5.97 Å². The van der Waals surface area contributed by atoms with Crippen molar-refractivity contribution in [1.29, 1.82) is 0 Å². The smallest absolute Gasteiger partial charge is 0.339 e. The number of hydrogen-bond donors (Lipinski definition) is 3. The molecule has 2 amide bonds. The highest BCUT2D eigenvalue weighted by atomic mass is 16.4. The van der Waals surface area contributed by atoms with Gasteiger partial charge in [-0.1, -0.05) is 0 Å². The van der Waals surface area contributed by atoms with Crippen molar-refractivity contribution in [2.24, 2.45) is 5.92 Å². The number of aromatic carboxylic acids is 1. The number of phenols is 1. The molecule has 1 aromatic rings. The number of rotatable bonds is 3. The summed E-state index contributed by atoms with van der Waals surface area (Å²) in [5.41, 5.74) is 0.0680. The average Bonchev–Trinajstić information content (AvgIpc) is 2.49. The second-order valence-electron chi connectivity index (χ2n) is 5.31. The number of nitrogens with one attached hydrogen (secondary N) is 1. The third kappa shape index (κ3) is 3.55. The first-order chi connectivity index (χ1) is 10.4. The monoisotopic (exact) mass is 306 g/mol. The fraction of sp³-hybridized carbons (Fsp3) is 0.400. The Balaban J connectivity index is 2.00. The van der Waals surface area contributed by atoms with Crippen LogP contribution in [-0.2, 0) is 9.59 Å². The van der Waals surface area contributed by atoms with E-state index in [0.29, 0.717) is 31.6 Å². The second kappa shape index (κ2) is 6.46. The summed E-state index contributed by atoms with van der Waals surface area (Å²) in [6.45, 7) is 2.59. The van der Waals surface area contributed by atoms with Crippen LogP contribution in [0.15, 0.2) is 18.2 Å². The molecule has 0 spiro atoms. The highest BCUT2D eigenvalue weighted by molar-refractivity contribution is 5.96. The van der Waals surface area contributed by atoms with E-state index in [-0.39, 0.29) is 29.0 Å². The van der Waals surface area contributed by atoms with E-state index in [4.69, 9.17) is 5.11 Å². The van der Waals surface area contributed by atoms with E-state index in [1.54, 1.807) is 4.90 Å². The molecule has 1 saturated heterocycles. The van der Waals surface area contributed by atoms with Gasteiger partial charge in [0.05, 0.1) is 0 Å². The van der Waals surface area contributed by atoms with Crippen molar-refractivity contribution >= 4 is 23.5 Å². The van der Waals surface area contributed by atoms with Crippen LogP contribution in [0.3, 0.4) is 0 Å². The van der Waals surface area contributed by atoms with Gasteiger partial charge in [0.15, 0.2) is 0 Å². The lowest BCUT2D eigenvalue weighted by Gasteiger charge is -2.30. The van der Waals surface area contributed by atoms with Crippen LogP contribution < -0.4 is 5.32 Å². The summed E-state index contributed by atoms with van der Waals surface area (Å²) in [7, 11) is 0. The van der Waals surface area contributed by atoms with Crippen LogP contribution in [0.25, 0.3) is 0 Å². The van der Waals surface area contributed by atoms with Crippen LogP contribution in [0, 0.1) is 5.92 Å². The molecule has 0 saturated carbocycles. The summed E-state index contributed by atoms with van der Waals surface area (Å²) in [6, 6.07) is 3.90. The average molecular weight is 306 g/mol. The topological polar surface area (TPSA) is 107 Å². The largest absolute Gasteiger partial charge is 0.507 e. The van der Waals surface area contributed by atoms with Crippen LogP contribution >= 0.6 is 0 Å². The second-order valence-corrected chi connectivity index (χ2v) is 5.31. The Bertz CT molecular complexity index is 606. The standard InChI is InChI=1S/C15H18N2O5/c1-9(18)17-6-4-10(5-7-17)14(20)16-11-2-3-13(19)12(8-11)15(21)22/h2-3,8,10,19H,4-7H2,1H3,(H,16,20)(H,21,22). The lowest BCUT2D eigenvalue weighted by Crippen LogP contribution is -2.40. The molecular weight excluding hydrogens is 288 g/mol. The maximum Gasteiger partial charge on any atom is 0.339 e. The van der Waals surface area contributed by atoms with E-state index in [1.165, 1.54) is 25.1 Å². The van der Waals surface area contributed by atoms with Crippen molar-refractivity contribution in [3.05, 3.63) is 23.8 Å². The number of benzene rings is 1. The molecule has 7 heteroatoms. The first kappa shape index (κ1) is 15.8. The summed E-state index contributed by atoms with van der Waals surface area (Å²) >= 11 is 0. The number of aromatic hydroxyl groups is 1. The van der Waals surface area contributed by atoms with Gasteiger partial charge in [0.25, 0.3) is 0 Å². The molecule has 1 heterocycles. The summed E-state index contributed by atoms with van der Waals surface area (Å²) in [5, 5.41) is 21.0. The van der Waals surface area contributed by atoms with Gasteiger partial charge in [0.1, 0.15) is 11.3 Å². The third-order valence-corrected chi connectivity index (χ3v) is 3.81. The van der Waals surface area contributed by atoms with Gasteiger partial charge in [-0.15, -0.1) is 0 Å². The molecule has 1 fully saturated rings. The van der Waals surface area contributed by atoms with Gasteiger partial charge in [-0.25, -0.2) is 4.79 Å². The van der Waals surface area contributed by atoms with Gasteiger partial charge in [-0.05, 0) is 31.0 Å². The van der Waals surface area contributed by atoms with E-state index in [1.807, 2.05) is 0 Å². The summed E-state index contributed by atoms with van der Waals surface area (Å²) in [5.74, 6) is -2.02. The molecule has 7 nitrogen and oxygen atoms in total. The maximum absolute atomic E-state index is 12.2. The number of nitrogens with zero attached hydrogens (tertiary/aromatic N) is 1. The van der Waals surface area contributed by atoms with Crippen LogP contribution in [0.1, 0.15) is 30.1 Å². The van der Waals surface area contributed by atoms with Crippen LogP contribution in [0.5, 0.6) is 5.75 Å². The zero-order chi connectivity index (χ0) is 16.3. The Labute approximate surface area is 127 Å². The van der Waals surface area contributed by atoms with Crippen molar-refractivity contribution in [2.45, 2.75) is 19.8 Å². The fourth-order valence-corrected chi connectivity index (χ4v) is 2.49. The SMILES string of the molecule is CC(=O)N1CCC(C(=O)Nc2ccc(O)c(C(=O)O)c2)CC1. The van der Waals surface area contributed by atoms with Gasteiger partial charge in [0, 0.05) is 31.6 Å². The summed E-state index contributed by atoms with van der Waals surface area (Å²) < 4.78 is 0. The molecule has 0 aliphatic carbocycles. The number of anilines is 1. The molecule has 0 atom stereocenters. The minimum Gasteiger partial charge on any atom is -0.507 e. The van der Waals surface area contributed by atoms with E-state index >= 15 is 0 Å². The molecule has 22 heavy (non-hydrogen) atoms. The molecule has 0 aromatic heterocycles. The van der Waals surface area contributed by atoms with Crippen molar-refractivity contribution in [1.82, 2.24) is 4.90 Å². The first-order valence-corrected chi connectivity index (χ1v) is 7.01. The molecule has 0 bridgehead atoms. The van der Waals surface area contributed by atoms with Crippen molar-refractivity contribution in [3.8, 4) is 5.75 Å². The Morgan fingerprint density at radius 2 is 1.86 bits per heavy atom. The summed E-state index contributed by atoms with van der Waals surface area (Å²) in [4.78, 5) is 36.1. The minimum atomic E-state index is -1.26. The fourth-order valence-electron chi connectivity index (χ4n) is 2.49. The summed E-state index contributed by atoms with van der Waals surface area (Å²) in [6.07, 6.45) is 1.16. The molecule has 0 unspecified atom stereocenters. The Morgan fingerprint density at radius 3 is 2.41 bits per heavy atom. The van der Waals surface area contributed by atoms with E-state index in [9.17, 15) is 19.5 Å². The van der Waals surface area contributed by atoms with Crippen molar-refractivity contribution < 1.29 is 24.6 Å². The number of likely N-dealkylation sites (tertiary alicyclic amines) is 1. The van der Waals surface area contributed by atoms with Gasteiger partial charge < -0.3 is 20.4 Å². The van der Waals surface area contributed by atoms with Crippen LogP contribution in [-0.4, -0.2) is 46.0 Å². The Kier molecular flexibility index (Phi) is 4.65. The van der Waals surface area contributed by atoms with Gasteiger partial charge >= 0.3 is 5.97 Å². The van der Waals surface area contributed by atoms with Crippen molar-refractivity contribution in [2.75, 3.05) is 18.4 Å². The lowest BCUT2D eigenvalue weighted by molar-refractivity contribution is -0.132. The molecule has 3 N–H and O–H groups in total. The van der Waals surface area contributed by atoms with E-state index in [0.717, 1.165) is 0 Å². The van der Waals surface area contributed by atoms with Gasteiger partial charge in [-0.3, -0.25) is 9.59 Å². The number of carbonyl (C=O) groups is 3. The quantitative estimate of drug-likeness (QED) is 0.729. The number of amides is 2. The van der Waals surface area contributed by atoms with Gasteiger partial charge in [0.2, 0.25) is 11.8 Å². The third-order valence-electron chi connectivity index (χ3n) is 3.81. The zero-order valence-electron chi connectivity index (χ0n) is 12.2. The highest BCUT2D eigenvalue weighted by Crippen LogP contribution is 2.23. The van der Waals surface area contributed by atoms with Crippen molar-refractivity contribution in [3.63, 3.8) is 0 Å². The lowest BCUT2D eigenvalue weighted by atomic mass is 9.95. The molecule has 1 aromatic carbocycles.